The first-order valence-corrected chi connectivity index (χ1v) is 7.06. The fourth-order valence-electron chi connectivity index (χ4n) is 2.40. The minimum absolute atomic E-state index is 0.148. The molecule has 1 N–H and O–H groups in total. The van der Waals surface area contributed by atoms with E-state index in [1.165, 1.54) is 6.07 Å². The van der Waals surface area contributed by atoms with Crippen molar-refractivity contribution in [2.24, 2.45) is 7.05 Å². The average molecular weight is 296 g/mol. The Bertz CT molecular complexity index is 595. The first-order valence-electron chi connectivity index (χ1n) is 6.68. The Balaban J connectivity index is 2.25. The van der Waals surface area contributed by atoms with Gasteiger partial charge in [-0.2, -0.15) is 5.10 Å². The molecule has 2 rings (SSSR count). The van der Waals surface area contributed by atoms with Crippen molar-refractivity contribution in [1.29, 1.82) is 0 Å². The molecule has 0 spiro atoms. The number of nitrogens with one attached hydrogen (secondary N) is 1. The van der Waals surface area contributed by atoms with Crippen LogP contribution in [-0.2, 0) is 13.5 Å². The molecule has 0 aliphatic rings. The molecule has 20 heavy (non-hydrogen) atoms. The van der Waals surface area contributed by atoms with Gasteiger partial charge in [0.15, 0.2) is 0 Å². The van der Waals surface area contributed by atoms with Crippen LogP contribution in [0.3, 0.4) is 0 Å². The Morgan fingerprint density at radius 2 is 2.20 bits per heavy atom. The summed E-state index contributed by atoms with van der Waals surface area (Å²) in [6, 6.07) is 5.02. The fourth-order valence-corrected chi connectivity index (χ4v) is 2.60. The van der Waals surface area contributed by atoms with Gasteiger partial charge in [0, 0.05) is 24.8 Å². The largest absolute Gasteiger partial charge is 0.310 e. The molecule has 1 atom stereocenters. The highest BCUT2D eigenvalue weighted by molar-refractivity contribution is 6.30. The second-order valence-corrected chi connectivity index (χ2v) is 5.31. The highest BCUT2D eigenvalue weighted by atomic mass is 35.5. The van der Waals surface area contributed by atoms with Gasteiger partial charge in [-0.1, -0.05) is 24.6 Å². The quantitative estimate of drug-likeness (QED) is 0.916. The lowest BCUT2D eigenvalue weighted by Crippen LogP contribution is -2.23. The van der Waals surface area contributed by atoms with Gasteiger partial charge >= 0.3 is 0 Å². The number of likely N-dealkylation sites (N-methyl/N-ethyl adjacent to an activating group) is 1. The summed E-state index contributed by atoms with van der Waals surface area (Å²) in [5.41, 5.74) is 3.17. The van der Waals surface area contributed by atoms with E-state index in [9.17, 15) is 4.39 Å². The fraction of sp³-hybridized carbons (Fsp3) is 0.400. The number of nitrogens with zero attached hydrogens (tertiary/aromatic N) is 2. The number of rotatable bonds is 5. The predicted octanol–water partition coefficient (Wildman–Crippen LogP) is 3.41. The molecule has 1 aromatic carbocycles. The lowest BCUT2D eigenvalue weighted by Gasteiger charge is -2.17. The van der Waals surface area contributed by atoms with Gasteiger partial charge < -0.3 is 5.32 Å². The lowest BCUT2D eigenvalue weighted by molar-refractivity contribution is 0.546. The van der Waals surface area contributed by atoms with Gasteiger partial charge in [-0.25, -0.2) is 4.39 Å². The molecule has 5 heteroatoms. The molecule has 0 saturated heterocycles. The zero-order valence-corrected chi connectivity index (χ0v) is 12.7. The Labute approximate surface area is 123 Å². The Morgan fingerprint density at radius 1 is 1.45 bits per heavy atom. The van der Waals surface area contributed by atoms with Gasteiger partial charge in [-0.3, -0.25) is 4.68 Å². The maximum absolute atomic E-state index is 13.2. The minimum Gasteiger partial charge on any atom is -0.310 e. The van der Waals surface area contributed by atoms with Crippen LogP contribution in [0.5, 0.6) is 0 Å². The summed E-state index contributed by atoms with van der Waals surface area (Å²) in [7, 11) is 1.91. The van der Waals surface area contributed by atoms with Crippen LogP contribution < -0.4 is 5.32 Å². The van der Waals surface area contributed by atoms with Crippen LogP contribution >= 0.6 is 11.6 Å². The summed E-state index contributed by atoms with van der Waals surface area (Å²) in [5.74, 6) is -0.382. The van der Waals surface area contributed by atoms with Crippen LogP contribution in [0.2, 0.25) is 5.02 Å². The van der Waals surface area contributed by atoms with Crippen molar-refractivity contribution in [3.8, 4) is 0 Å². The molecule has 0 saturated carbocycles. The molecule has 1 unspecified atom stereocenters. The van der Waals surface area contributed by atoms with Crippen LogP contribution in [0.15, 0.2) is 24.4 Å². The van der Waals surface area contributed by atoms with Crippen LogP contribution in [0.4, 0.5) is 4.39 Å². The number of hydrogen-bond acceptors (Lipinski definition) is 2. The van der Waals surface area contributed by atoms with E-state index in [4.69, 9.17) is 11.6 Å². The number of aryl methyl sites for hydroxylation is 2. The Hall–Kier alpha value is -1.39. The van der Waals surface area contributed by atoms with Crippen LogP contribution in [0.1, 0.15) is 29.8 Å². The van der Waals surface area contributed by atoms with E-state index < -0.39 is 0 Å². The number of halogens is 2. The number of hydrogen-bond donors (Lipinski definition) is 1. The molecule has 1 aromatic heterocycles. The standard InChI is InChI=1S/C15H19ClFN3/c1-4-18-15(12-9-20(3)19-10(12)2)8-11-5-6-14(17)13(16)7-11/h5-7,9,15,18H,4,8H2,1-3H3. The van der Waals surface area contributed by atoms with Crippen molar-refractivity contribution >= 4 is 11.6 Å². The zero-order valence-electron chi connectivity index (χ0n) is 12.0. The van der Waals surface area contributed by atoms with E-state index >= 15 is 0 Å². The molecule has 0 aliphatic carbocycles. The molecule has 0 amide bonds. The third-order valence-electron chi connectivity index (χ3n) is 3.30. The molecule has 108 valence electrons. The van der Waals surface area contributed by atoms with Crippen molar-refractivity contribution in [1.82, 2.24) is 15.1 Å². The Kier molecular flexibility index (Phi) is 4.78. The normalized spacial score (nSPS) is 12.7. The topological polar surface area (TPSA) is 29.9 Å². The minimum atomic E-state index is -0.382. The van der Waals surface area contributed by atoms with Crippen LogP contribution in [0.25, 0.3) is 0 Å². The summed E-state index contributed by atoms with van der Waals surface area (Å²) in [6.07, 6.45) is 2.77. The maximum Gasteiger partial charge on any atom is 0.141 e. The number of benzene rings is 1. The van der Waals surface area contributed by atoms with Gasteiger partial charge in [0.2, 0.25) is 0 Å². The number of aromatic nitrogens is 2. The van der Waals surface area contributed by atoms with E-state index in [1.54, 1.807) is 12.1 Å². The summed E-state index contributed by atoms with van der Waals surface area (Å²) in [6.45, 7) is 4.92. The maximum atomic E-state index is 13.2. The van der Waals surface area contributed by atoms with Gasteiger partial charge in [0.1, 0.15) is 5.82 Å². The average Bonchev–Trinajstić information content (AvgIpc) is 2.72. The second-order valence-electron chi connectivity index (χ2n) is 4.91. The first kappa shape index (κ1) is 15.0. The van der Waals surface area contributed by atoms with E-state index in [1.807, 2.05) is 24.9 Å². The van der Waals surface area contributed by atoms with E-state index in [-0.39, 0.29) is 16.9 Å². The first-order chi connectivity index (χ1) is 9.51. The molecular formula is C15H19ClFN3. The molecule has 0 aliphatic heterocycles. The molecule has 0 fully saturated rings. The summed E-state index contributed by atoms with van der Waals surface area (Å²) < 4.78 is 15.0. The lowest BCUT2D eigenvalue weighted by atomic mass is 9.99. The van der Waals surface area contributed by atoms with E-state index in [0.717, 1.165) is 29.8 Å². The SMILES string of the molecule is CCNC(Cc1ccc(F)c(Cl)c1)c1cn(C)nc1C. The van der Waals surface area contributed by atoms with Crippen molar-refractivity contribution in [2.45, 2.75) is 26.3 Å². The third kappa shape index (κ3) is 3.38. The van der Waals surface area contributed by atoms with Crippen molar-refractivity contribution < 1.29 is 4.39 Å². The third-order valence-corrected chi connectivity index (χ3v) is 3.59. The van der Waals surface area contributed by atoms with E-state index in [2.05, 4.69) is 17.3 Å². The van der Waals surface area contributed by atoms with Gasteiger partial charge in [-0.05, 0) is 37.6 Å². The molecule has 3 nitrogen and oxygen atoms in total. The van der Waals surface area contributed by atoms with Gasteiger partial charge in [-0.15, -0.1) is 0 Å². The molecular weight excluding hydrogens is 277 g/mol. The van der Waals surface area contributed by atoms with E-state index in [0.29, 0.717) is 0 Å². The molecule has 2 aromatic rings. The smallest absolute Gasteiger partial charge is 0.141 e. The Morgan fingerprint density at radius 3 is 2.75 bits per heavy atom. The van der Waals surface area contributed by atoms with Crippen molar-refractivity contribution in [3.63, 3.8) is 0 Å². The molecule has 0 radical (unpaired) electrons. The predicted molar refractivity (Wildman–Crippen MR) is 79.5 cm³/mol. The molecule has 0 bridgehead atoms. The van der Waals surface area contributed by atoms with Crippen LogP contribution in [0, 0.1) is 12.7 Å². The monoisotopic (exact) mass is 295 g/mol. The highest BCUT2D eigenvalue weighted by Gasteiger charge is 2.16. The molecule has 1 heterocycles. The highest BCUT2D eigenvalue weighted by Crippen LogP contribution is 2.23. The summed E-state index contributed by atoms with van der Waals surface area (Å²) in [5, 5.41) is 7.99. The van der Waals surface area contributed by atoms with Crippen LogP contribution in [-0.4, -0.2) is 16.3 Å². The van der Waals surface area contributed by atoms with Crippen molar-refractivity contribution in [3.05, 3.63) is 52.1 Å². The summed E-state index contributed by atoms with van der Waals surface area (Å²) >= 11 is 5.84. The summed E-state index contributed by atoms with van der Waals surface area (Å²) in [4.78, 5) is 0. The second kappa shape index (κ2) is 6.37. The van der Waals surface area contributed by atoms with Gasteiger partial charge in [0.05, 0.1) is 10.7 Å². The van der Waals surface area contributed by atoms with Gasteiger partial charge in [0.25, 0.3) is 0 Å². The van der Waals surface area contributed by atoms with Crippen molar-refractivity contribution in [2.75, 3.05) is 6.54 Å². The zero-order chi connectivity index (χ0) is 14.7.